The second-order valence-corrected chi connectivity index (χ2v) is 3.65. The fourth-order valence-electron chi connectivity index (χ4n) is 1.25. The van der Waals surface area contributed by atoms with Crippen LogP contribution in [-0.4, -0.2) is 12.4 Å². The van der Waals surface area contributed by atoms with Crippen LogP contribution in [0.1, 0.15) is 12.0 Å². The molecule has 0 aliphatic heterocycles. The molecule has 0 bridgehead atoms. The summed E-state index contributed by atoms with van der Waals surface area (Å²) in [5.74, 6) is -0.867. The van der Waals surface area contributed by atoms with E-state index in [1.54, 1.807) is 0 Å². The first-order chi connectivity index (χ1) is 6.69. The van der Waals surface area contributed by atoms with E-state index in [-0.39, 0.29) is 5.75 Å². The molecule has 14 heavy (non-hydrogen) atoms. The van der Waals surface area contributed by atoms with Crippen LogP contribution in [0.2, 0.25) is 0 Å². The van der Waals surface area contributed by atoms with Crippen molar-refractivity contribution in [1.82, 2.24) is 0 Å². The first-order valence-electron chi connectivity index (χ1n) is 4.27. The van der Waals surface area contributed by atoms with Gasteiger partial charge in [-0.05, 0) is 12.8 Å². The zero-order valence-electron chi connectivity index (χ0n) is 7.82. The number of rotatable bonds is 4. The predicted octanol–water partition coefficient (Wildman–Crippen LogP) is 3.30. The molecule has 1 nitrogen and oxygen atoms in total. The van der Waals surface area contributed by atoms with Crippen LogP contribution in [0.4, 0.5) is 8.78 Å². The van der Waals surface area contributed by atoms with E-state index < -0.39 is 11.6 Å². The Labute approximate surface area is 90.2 Å². The lowest BCUT2D eigenvalue weighted by Crippen LogP contribution is -1.98. The number of methoxy groups -OCH3 is 1. The third kappa shape index (κ3) is 2.67. The van der Waals surface area contributed by atoms with Crippen molar-refractivity contribution >= 4 is 15.9 Å². The van der Waals surface area contributed by atoms with Crippen LogP contribution in [-0.2, 0) is 6.42 Å². The molecule has 0 saturated heterocycles. The van der Waals surface area contributed by atoms with Gasteiger partial charge in [0.25, 0.3) is 0 Å². The van der Waals surface area contributed by atoms with Crippen molar-refractivity contribution in [1.29, 1.82) is 0 Å². The zero-order chi connectivity index (χ0) is 10.6. The molecule has 1 aromatic rings. The van der Waals surface area contributed by atoms with E-state index in [9.17, 15) is 8.78 Å². The van der Waals surface area contributed by atoms with Crippen molar-refractivity contribution < 1.29 is 13.5 Å². The van der Waals surface area contributed by atoms with Gasteiger partial charge in [0.2, 0.25) is 0 Å². The highest BCUT2D eigenvalue weighted by Gasteiger charge is 2.11. The van der Waals surface area contributed by atoms with Gasteiger partial charge in [-0.2, -0.15) is 0 Å². The van der Waals surface area contributed by atoms with Crippen LogP contribution in [0.25, 0.3) is 0 Å². The summed E-state index contributed by atoms with van der Waals surface area (Å²) in [5.41, 5.74) is 0.438. The molecular formula is C10H11BrF2O. The average molecular weight is 265 g/mol. The monoisotopic (exact) mass is 264 g/mol. The molecule has 0 spiro atoms. The molecule has 0 aliphatic rings. The highest BCUT2D eigenvalue weighted by atomic mass is 79.9. The second kappa shape index (κ2) is 5.29. The minimum atomic E-state index is -0.609. The first kappa shape index (κ1) is 11.4. The number of hydrogen-bond acceptors (Lipinski definition) is 1. The van der Waals surface area contributed by atoms with E-state index in [4.69, 9.17) is 4.74 Å². The molecule has 0 aromatic heterocycles. The number of hydrogen-bond donors (Lipinski definition) is 0. The van der Waals surface area contributed by atoms with Gasteiger partial charge >= 0.3 is 0 Å². The number of alkyl halides is 1. The van der Waals surface area contributed by atoms with Gasteiger partial charge in [-0.1, -0.05) is 15.9 Å². The van der Waals surface area contributed by atoms with Crippen LogP contribution in [0.5, 0.6) is 5.75 Å². The molecule has 1 aromatic carbocycles. The van der Waals surface area contributed by atoms with Crippen LogP contribution in [0, 0.1) is 11.6 Å². The summed E-state index contributed by atoms with van der Waals surface area (Å²) in [5, 5.41) is 0.785. The molecule has 0 atom stereocenters. The summed E-state index contributed by atoms with van der Waals surface area (Å²) in [4.78, 5) is 0. The second-order valence-electron chi connectivity index (χ2n) is 2.86. The summed E-state index contributed by atoms with van der Waals surface area (Å²) in [6.45, 7) is 0. The molecule has 1 rings (SSSR count). The maximum atomic E-state index is 13.3. The fraction of sp³-hybridized carbons (Fsp3) is 0.400. The topological polar surface area (TPSA) is 9.23 Å². The highest BCUT2D eigenvalue weighted by Crippen LogP contribution is 2.24. The lowest BCUT2D eigenvalue weighted by molar-refractivity contribution is 0.399. The smallest absolute Gasteiger partial charge is 0.133 e. The lowest BCUT2D eigenvalue weighted by Gasteiger charge is -2.08. The minimum absolute atomic E-state index is 0.281. The highest BCUT2D eigenvalue weighted by molar-refractivity contribution is 9.09. The molecule has 78 valence electrons. The molecule has 0 heterocycles. The van der Waals surface area contributed by atoms with Crippen molar-refractivity contribution in [3.8, 4) is 5.75 Å². The van der Waals surface area contributed by atoms with E-state index in [2.05, 4.69) is 15.9 Å². The van der Waals surface area contributed by atoms with E-state index >= 15 is 0 Å². The standard InChI is InChI=1S/C10H11BrF2O/c1-14-10-6-7(12)5-9(13)8(10)3-2-4-11/h5-6H,2-4H2,1H3. The van der Waals surface area contributed by atoms with Crippen LogP contribution >= 0.6 is 15.9 Å². The van der Waals surface area contributed by atoms with Gasteiger partial charge in [-0.25, -0.2) is 8.78 Å². The Kier molecular flexibility index (Phi) is 4.32. The van der Waals surface area contributed by atoms with E-state index in [1.165, 1.54) is 13.2 Å². The van der Waals surface area contributed by atoms with Crippen LogP contribution in [0.15, 0.2) is 12.1 Å². The molecule has 0 amide bonds. The van der Waals surface area contributed by atoms with E-state index in [0.717, 1.165) is 17.8 Å². The average Bonchev–Trinajstić information content (AvgIpc) is 2.15. The summed E-state index contributed by atoms with van der Waals surface area (Å²) >= 11 is 3.26. The number of benzene rings is 1. The molecule has 0 saturated carbocycles. The maximum absolute atomic E-state index is 13.3. The van der Waals surface area contributed by atoms with Gasteiger partial charge < -0.3 is 4.74 Å². The van der Waals surface area contributed by atoms with Crippen molar-refractivity contribution in [3.63, 3.8) is 0 Å². The van der Waals surface area contributed by atoms with Crippen molar-refractivity contribution in [3.05, 3.63) is 29.3 Å². The zero-order valence-corrected chi connectivity index (χ0v) is 9.40. The summed E-state index contributed by atoms with van der Waals surface area (Å²) in [6, 6.07) is 2.08. The first-order valence-corrected chi connectivity index (χ1v) is 5.39. The van der Waals surface area contributed by atoms with Gasteiger partial charge in [0.15, 0.2) is 0 Å². The van der Waals surface area contributed by atoms with E-state index in [1.807, 2.05) is 0 Å². The molecule has 0 unspecified atom stereocenters. The Bertz CT molecular complexity index is 315. The predicted molar refractivity (Wildman–Crippen MR) is 55.0 cm³/mol. The quantitative estimate of drug-likeness (QED) is 0.759. The third-order valence-corrected chi connectivity index (χ3v) is 2.46. The van der Waals surface area contributed by atoms with Gasteiger partial charge in [0.1, 0.15) is 17.4 Å². The van der Waals surface area contributed by atoms with Crippen molar-refractivity contribution in [2.75, 3.05) is 12.4 Å². The third-order valence-electron chi connectivity index (χ3n) is 1.90. The molecule has 0 fully saturated rings. The van der Waals surface area contributed by atoms with Crippen molar-refractivity contribution in [2.45, 2.75) is 12.8 Å². The van der Waals surface area contributed by atoms with Gasteiger partial charge in [-0.3, -0.25) is 0 Å². The molecular weight excluding hydrogens is 254 g/mol. The Morgan fingerprint density at radius 2 is 2.07 bits per heavy atom. The van der Waals surface area contributed by atoms with Gasteiger partial charge in [-0.15, -0.1) is 0 Å². The molecule has 0 aliphatic carbocycles. The SMILES string of the molecule is COc1cc(F)cc(F)c1CCCBr. The maximum Gasteiger partial charge on any atom is 0.133 e. The summed E-state index contributed by atoms with van der Waals surface area (Å²) in [7, 11) is 1.41. The largest absolute Gasteiger partial charge is 0.496 e. The Morgan fingerprint density at radius 3 is 2.64 bits per heavy atom. The molecule has 4 heteroatoms. The molecule has 0 N–H and O–H groups in total. The molecule has 0 radical (unpaired) electrons. The fourth-order valence-corrected chi connectivity index (χ4v) is 1.53. The van der Waals surface area contributed by atoms with Gasteiger partial charge in [0, 0.05) is 23.0 Å². The van der Waals surface area contributed by atoms with Crippen LogP contribution < -0.4 is 4.74 Å². The Hall–Kier alpha value is -0.640. The van der Waals surface area contributed by atoms with Crippen LogP contribution in [0.3, 0.4) is 0 Å². The van der Waals surface area contributed by atoms with Gasteiger partial charge in [0.05, 0.1) is 7.11 Å². The van der Waals surface area contributed by atoms with E-state index in [0.29, 0.717) is 12.0 Å². The lowest BCUT2D eigenvalue weighted by atomic mass is 10.1. The Balaban J connectivity index is 2.99. The summed E-state index contributed by atoms with van der Waals surface area (Å²) < 4.78 is 31.0. The number of ether oxygens (including phenoxy) is 1. The van der Waals surface area contributed by atoms with Crippen molar-refractivity contribution in [2.24, 2.45) is 0 Å². The number of halogens is 3. The Morgan fingerprint density at radius 1 is 1.36 bits per heavy atom. The minimum Gasteiger partial charge on any atom is -0.496 e. The normalized spacial score (nSPS) is 10.3. The summed E-state index contributed by atoms with van der Waals surface area (Å²) in [6.07, 6.45) is 1.33.